The van der Waals surface area contributed by atoms with Crippen LogP contribution >= 0.6 is 0 Å². The van der Waals surface area contributed by atoms with Crippen LogP contribution in [0.4, 0.5) is 5.69 Å². The smallest absolute Gasteiger partial charge is 0.224 e. The number of nitrogens with zero attached hydrogens (tertiary/aromatic N) is 1. The molecule has 0 aliphatic rings. The Hall–Kier alpha value is -3.22. The number of guanidine groups is 1. The summed E-state index contributed by atoms with van der Waals surface area (Å²) in [4.78, 5) is 15.9. The maximum Gasteiger partial charge on any atom is 0.224 e. The third-order valence-corrected chi connectivity index (χ3v) is 4.35. The minimum atomic E-state index is -0.0779. The van der Waals surface area contributed by atoms with Crippen molar-refractivity contribution in [1.29, 1.82) is 0 Å². The van der Waals surface area contributed by atoms with Crippen molar-refractivity contribution in [3.05, 3.63) is 54.1 Å². The number of rotatable bonds is 10. The van der Waals surface area contributed by atoms with Crippen molar-refractivity contribution in [2.75, 3.05) is 26.0 Å². The molecule has 7 heteroatoms. The Morgan fingerprint density at radius 2 is 1.77 bits per heavy atom. The second-order valence-electron chi connectivity index (χ2n) is 6.88. The Morgan fingerprint density at radius 3 is 2.40 bits per heavy atom. The van der Waals surface area contributed by atoms with E-state index < -0.39 is 0 Å². The minimum absolute atomic E-state index is 0.0393. The Bertz CT molecular complexity index is 821. The average Bonchev–Trinajstić information content (AvgIpc) is 2.75. The second-order valence-corrected chi connectivity index (χ2v) is 6.88. The number of carbonyl (C=O) groups excluding carboxylic acids is 1. The average molecular weight is 413 g/mol. The van der Waals surface area contributed by atoms with E-state index in [0.717, 1.165) is 17.7 Å². The first kappa shape index (κ1) is 23.1. The lowest BCUT2D eigenvalue weighted by molar-refractivity contribution is -0.116. The van der Waals surface area contributed by atoms with Crippen molar-refractivity contribution in [3.8, 4) is 11.5 Å². The fraction of sp³-hybridized carbons (Fsp3) is 0.391. The highest BCUT2D eigenvalue weighted by Crippen LogP contribution is 2.26. The van der Waals surface area contributed by atoms with Gasteiger partial charge in [-0.15, -0.1) is 0 Å². The van der Waals surface area contributed by atoms with Crippen molar-refractivity contribution < 1.29 is 14.3 Å². The summed E-state index contributed by atoms with van der Waals surface area (Å²) in [7, 11) is 3.36. The first-order valence-electron chi connectivity index (χ1n) is 10.2. The number of ether oxygens (including phenoxy) is 2. The molecule has 0 bridgehead atoms. The third-order valence-electron chi connectivity index (χ3n) is 4.35. The molecule has 30 heavy (non-hydrogen) atoms. The number of anilines is 1. The first-order chi connectivity index (χ1) is 14.5. The molecule has 0 saturated heterocycles. The van der Waals surface area contributed by atoms with E-state index in [4.69, 9.17) is 9.47 Å². The molecule has 1 atom stereocenters. The Balaban J connectivity index is 1.78. The van der Waals surface area contributed by atoms with Crippen molar-refractivity contribution in [2.24, 2.45) is 4.99 Å². The highest BCUT2D eigenvalue weighted by atomic mass is 16.5. The molecule has 0 aromatic heterocycles. The van der Waals surface area contributed by atoms with Gasteiger partial charge in [-0.25, -0.2) is 0 Å². The van der Waals surface area contributed by atoms with E-state index in [9.17, 15) is 4.79 Å². The first-order valence-corrected chi connectivity index (χ1v) is 10.2. The van der Waals surface area contributed by atoms with E-state index >= 15 is 0 Å². The van der Waals surface area contributed by atoms with Crippen LogP contribution in [0.5, 0.6) is 11.5 Å². The predicted molar refractivity (Wildman–Crippen MR) is 121 cm³/mol. The molecule has 162 valence electrons. The van der Waals surface area contributed by atoms with Gasteiger partial charge in [0.05, 0.1) is 13.7 Å². The second kappa shape index (κ2) is 12.4. The van der Waals surface area contributed by atoms with Crippen LogP contribution in [0, 0.1) is 0 Å². The Kier molecular flexibility index (Phi) is 9.51. The maximum atomic E-state index is 11.7. The molecule has 0 aliphatic carbocycles. The number of amides is 1. The zero-order valence-corrected chi connectivity index (χ0v) is 18.2. The number of benzene rings is 2. The van der Waals surface area contributed by atoms with Gasteiger partial charge in [0, 0.05) is 25.7 Å². The molecule has 0 spiro atoms. The van der Waals surface area contributed by atoms with Crippen LogP contribution in [0.15, 0.2) is 53.5 Å². The molecule has 3 N–H and O–H groups in total. The predicted octanol–water partition coefficient (Wildman–Crippen LogP) is 3.57. The molecule has 1 amide bonds. The molecule has 7 nitrogen and oxygen atoms in total. The van der Waals surface area contributed by atoms with Crippen molar-refractivity contribution in [2.45, 2.75) is 39.3 Å². The van der Waals surface area contributed by atoms with Crippen LogP contribution in [0.1, 0.15) is 32.3 Å². The lowest BCUT2D eigenvalue weighted by atomic mass is 10.2. The van der Waals surface area contributed by atoms with E-state index in [-0.39, 0.29) is 12.0 Å². The SMILES string of the molecule is CCCC(=O)Nc1ccc(CNC(=NC)NCC(C)Oc2ccccc2OC)cc1. The van der Waals surface area contributed by atoms with Gasteiger partial charge in [-0.2, -0.15) is 0 Å². The van der Waals surface area contributed by atoms with Crippen LogP contribution in [-0.2, 0) is 11.3 Å². The molecule has 1 unspecified atom stereocenters. The molecular weight excluding hydrogens is 380 g/mol. The normalized spacial score (nSPS) is 12.1. The van der Waals surface area contributed by atoms with Gasteiger partial charge in [0.1, 0.15) is 6.10 Å². The largest absolute Gasteiger partial charge is 0.493 e. The Morgan fingerprint density at radius 1 is 1.07 bits per heavy atom. The lowest BCUT2D eigenvalue weighted by Gasteiger charge is -2.19. The third kappa shape index (κ3) is 7.66. The van der Waals surface area contributed by atoms with Gasteiger partial charge in [-0.1, -0.05) is 31.2 Å². The fourth-order valence-electron chi connectivity index (χ4n) is 2.78. The minimum Gasteiger partial charge on any atom is -0.493 e. The highest BCUT2D eigenvalue weighted by molar-refractivity contribution is 5.90. The molecule has 0 aliphatic heterocycles. The summed E-state index contributed by atoms with van der Waals surface area (Å²) in [5.41, 5.74) is 1.90. The number of para-hydroxylation sites is 2. The molecule has 2 aromatic carbocycles. The zero-order valence-electron chi connectivity index (χ0n) is 18.2. The maximum absolute atomic E-state index is 11.7. The number of hydrogen-bond acceptors (Lipinski definition) is 4. The van der Waals surface area contributed by atoms with Gasteiger partial charge in [0.15, 0.2) is 17.5 Å². The van der Waals surface area contributed by atoms with Crippen molar-refractivity contribution >= 4 is 17.6 Å². The van der Waals surface area contributed by atoms with E-state index in [1.165, 1.54) is 0 Å². The zero-order chi connectivity index (χ0) is 21.8. The number of hydrogen-bond donors (Lipinski definition) is 3. The monoisotopic (exact) mass is 412 g/mol. The molecule has 0 heterocycles. The van der Waals surface area contributed by atoms with Crippen LogP contribution in [0.2, 0.25) is 0 Å². The summed E-state index contributed by atoms with van der Waals surface area (Å²) >= 11 is 0. The summed E-state index contributed by atoms with van der Waals surface area (Å²) in [6.45, 7) is 5.17. The van der Waals surface area contributed by atoms with E-state index in [1.807, 2.05) is 62.4 Å². The summed E-state index contributed by atoms with van der Waals surface area (Å²) in [6.07, 6.45) is 1.29. The summed E-state index contributed by atoms with van der Waals surface area (Å²) < 4.78 is 11.3. The van der Waals surface area contributed by atoms with Crippen molar-refractivity contribution in [1.82, 2.24) is 10.6 Å². The summed E-state index contributed by atoms with van der Waals surface area (Å²) in [5.74, 6) is 2.15. The molecule has 2 aromatic rings. The van der Waals surface area contributed by atoms with Crippen LogP contribution in [0.25, 0.3) is 0 Å². The Labute approximate surface area is 178 Å². The number of carbonyl (C=O) groups is 1. The molecule has 0 saturated carbocycles. The summed E-state index contributed by atoms with van der Waals surface area (Å²) in [6, 6.07) is 15.4. The highest BCUT2D eigenvalue weighted by Gasteiger charge is 2.09. The quantitative estimate of drug-likeness (QED) is 0.410. The molecule has 0 fully saturated rings. The van der Waals surface area contributed by atoms with Gasteiger partial charge in [-0.3, -0.25) is 9.79 Å². The molecule has 2 rings (SSSR count). The topological polar surface area (TPSA) is 84.0 Å². The van der Waals surface area contributed by atoms with Crippen LogP contribution in [0.3, 0.4) is 0 Å². The molecular formula is C23H32N4O3. The number of aliphatic imine (C=N–C) groups is 1. The van der Waals surface area contributed by atoms with Crippen molar-refractivity contribution in [3.63, 3.8) is 0 Å². The fourth-order valence-corrected chi connectivity index (χ4v) is 2.78. The van der Waals surface area contributed by atoms with E-state index in [0.29, 0.717) is 37.0 Å². The van der Waals surface area contributed by atoms with Gasteiger partial charge in [-0.05, 0) is 43.2 Å². The summed E-state index contributed by atoms with van der Waals surface area (Å²) in [5, 5.41) is 9.43. The van der Waals surface area contributed by atoms with E-state index in [1.54, 1.807) is 14.2 Å². The van der Waals surface area contributed by atoms with Gasteiger partial charge in [0.25, 0.3) is 0 Å². The lowest BCUT2D eigenvalue weighted by Crippen LogP contribution is -2.41. The van der Waals surface area contributed by atoms with E-state index in [2.05, 4.69) is 20.9 Å². The van der Waals surface area contributed by atoms with Gasteiger partial charge >= 0.3 is 0 Å². The van der Waals surface area contributed by atoms with Gasteiger partial charge in [0.2, 0.25) is 5.91 Å². The van der Waals surface area contributed by atoms with Crippen LogP contribution < -0.4 is 25.4 Å². The number of nitrogens with one attached hydrogen (secondary N) is 3. The van der Waals surface area contributed by atoms with Crippen LogP contribution in [-0.4, -0.2) is 38.7 Å². The molecule has 0 radical (unpaired) electrons. The van der Waals surface area contributed by atoms with Gasteiger partial charge < -0.3 is 25.4 Å². The number of methoxy groups -OCH3 is 1. The standard InChI is InChI=1S/C23H32N4O3/c1-5-8-22(28)27-19-13-11-18(12-14-19)16-26-23(24-3)25-15-17(2)30-21-10-7-6-9-20(21)29-4/h6-7,9-14,17H,5,8,15-16H2,1-4H3,(H,27,28)(H2,24,25,26).